The van der Waals surface area contributed by atoms with Gasteiger partial charge in [0.1, 0.15) is 11.6 Å². The molecule has 80 valence electrons. The van der Waals surface area contributed by atoms with E-state index in [4.69, 9.17) is 10.00 Å². The van der Waals surface area contributed by atoms with Crippen LogP contribution in [-0.2, 0) is 0 Å². The van der Waals surface area contributed by atoms with Crippen molar-refractivity contribution >= 4 is 0 Å². The molecule has 4 heteroatoms. The van der Waals surface area contributed by atoms with Crippen LogP contribution in [0.3, 0.4) is 0 Å². The van der Waals surface area contributed by atoms with Crippen LogP contribution in [0.15, 0.2) is 18.2 Å². The third-order valence-electron chi connectivity index (χ3n) is 2.08. The zero-order valence-corrected chi connectivity index (χ0v) is 8.40. The van der Waals surface area contributed by atoms with Crippen molar-refractivity contribution in [2.45, 2.75) is 18.9 Å². The Morgan fingerprint density at radius 1 is 1.60 bits per heavy atom. The highest BCUT2D eigenvalue weighted by molar-refractivity contribution is 5.35. The van der Waals surface area contributed by atoms with Crippen molar-refractivity contribution in [3.63, 3.8) is 0 Å². The van der Waals surface area contributed by atoms with Gasteiger partial charge in [-0.25, -0.2) is 4.39 Å². The van der Waals surface area contributed by atoms with Gasteiger partial charge >= 0.3 is 0 Å². The third kappa shape index (κ3) is 2.93. The van der Waals surface area contributed by atoms with Crippen LogP contribution in [0.1, 0.15) is 24.5 Å². The fourth-order valence-corrected chi connectivity index (χ4v) is 1.32. The molecule has 0 saturated heterocycles. The first-order valence-electron chi connectivity index (χ1n) is 4.57. The van der Waals surface area contributed by atoms with E-state index >= 15 is 0 Å². The second-order valence-corrected chi connectivity index (χ2v) is 3.10. The Morgan fingerprint density at radius 3 is 2.93 bits per heavy atom. The van der Waals surface area contributed by atoms with E-state index in [1.165, 1.54) is 25.3 Å². The van der Waals surface area contributed by atoms with Crippen molar-refractivity contribution in [1.82, 2.24) is 0 Å². The zero-order valence-electron chi connectivity index (χ0n) is 8.40. The van der Waals surface area contributed by atoms with Crippen LogP contribution in [-0.4, -0.2) is 12.2 Å². The topological polar surface area (TPSA) is 53.2 Å². The van der Waals surface area contributed by atoms with E-state index in [1.807, 2.05) is 6.07 Å². The first-order chi connectivity index (χ1) is 7.19. The maximum atomic E-state index is 12.9. The number of aliphatic hydroxyl groups is 1. The number of hydrogen-bond acceptors (Lipinski definition) is 3. The second-order valence-electron chi connectivity index (χ2n) is 3.10. The van der Waals surface area contributed by atoms with Crippen LogP contribution < -0.4 is 4.74 Å². The second kappa shape index (κ2) is 5.32. The number of nitriles is 1. The molecule has 1 aromatic carbocycles. The molecule has 0 amide bonds. The number of hydrogen-bond donors (Lipinski definition) is 1. The Hall–Kier alpha value is -1.60. The minimum absolute atomic E-state index is 0.223. The predicted octanol–water partition coefficient (Wildman–Crippen LogP) is 2.17. The molecule has 0 radical (unpaired) electrons. The molecule has 0 saturated carbocycles. The standard InChI is InChI=1S/C11H12FNO2/c1-15-11-5-4-8(12)7-9(11)10(14)3-2-6-13/h4-5,7,10,14H,2-3H2,1H3. The highest BCUT2D eigenvalue weighted by Crippen LogP contribution is 2.28. The van der Waals surface area contributed by atoms with Crippen molar-refractivity contribution in [2.75, 3.05) is 7.11 Å². The summed E-state index contributed by atoms with van der Waals surface area (Å²) in [5.74, 6) is 0.00338. The van der Waals surface area contributed by atoms with Gasteiger partial charge in [-0.05, 0) is 24.6 Å². The number of methoxy groups -OCH3 is 1. The molecule has 0 spiro atoms. The normalized spacial score (nSPS) is 11.9. The number of benzene rings is 1. The Labute approximate surface area is 87.7 Å². The summed E-state index contributed by atoms with van der Waals surface area (Å²) < 4.78 is 17.9. The van der Waals surface area contributed by atoms with Crippen molar-refractivity contribution in [1.29, 1.82) is 5.26 Å². The molecule has 0 aliphatic rings. The van der Waals surface area contributed by atoms with Crippen LogP contribution in [0.25, 0.3) is 0 Å². The van der Waals surface area contributed by atoms with Gasteiger partial charge in [0.2, 0.25) is 0 Å². The van der Waals surface area contributed by atoms with Gasteiger partial charge in [0.25, 0.3) is 0 Å². The van der Waals surface area contributed by atoms with E-state index in [0.717, 1.165) is 0 Å². The molecule has 1 N–H and O–H groups in total. The van der Waals surface area contributed by atoms with Crippen molar-refractivity contribution in [3.8, 4) is 11.8 Å². The van der Waals surface area contributed by atoms with E-state index in [2.05, 4.69) is 0 Å². The lowest BCUT2D eigenvalue weighted by molar-refractivity contribution is 0.164. The van der Waals surface area contributed by atoms with E-state index in [0.29, 0.717) is 11.3 Å². The Morgan fingerprint density at radius 2 is 2.33 bits per heavy atom. The van der Waals surface area contributed by atoms with Gasteiger partial charge in [-0.1, -0.05) is 0 Å². The lowest BCUT2D eigenvalue weighted by Crippen LogP contribution is -2.01. The Balaban J connectivity index is 2.90. The molecule has 0 aromatic heterocycles. The van der Waals surface area contributed by atoms with Crippen LogP contribution in [0.4, 0.5) is 4.39 Å². The lowest BCUT2D eigenvalue weighted by atomic mass is 10.0. The highest BCUT2D eigenvalue weighted by Gasteiger charge is 2.13. The first-order valence-corrected chi connectivity index (χ1v) is 4.57. The molecule has 3 nitrogen and oxygen atoms in total. The van der Waals surface area contributed by atoms with Crippen molar-refractivity contribution in [2.24, 2.45) is 0 Å². The maximum Gasteiger partial charge on any atom is 0.124 e. The van der Waals surface area contributed by atoms with Gasteiger partial charge in [0.15, 0.2) is 0 Å². The number of nitrogens with zero attached hydrogens (tertiary/aromatic N) is 1. The number of halogens is 1. The van der Waals surface area contributed by atoms with Crippen LogP contribution in [0.2, 0.25) is 0 Å². The molecule has 1 aromatic rings. The van der Waals surface area contributed by atoms with E-state index in [1.54, 1.807) is 0 Å². The summed E-state index contributed by atoms with van der Waals surface area (Å²) in [5.41, 5.74) is 0.382. The van der Waals surface area contributed by atoms with Gasteiger partial charge in [-0.3, -0.25) is 0 Å². The molecular weight excluding hydrogens is 197 g/mol. The summed E-state index contributed by atoms with van der Waals surface area (Å²) >= 11 is 0. The number of rotatable bonds is 4. The van der Waals surface area contributed by atoms with Crippen LogP contribution >= 0.6 is 0 Å². The molecule has 15 heavy (non-hydrogen) atoms. The Bertz CT molecular complexity index is 373. The SMILES string of the molecule is COc1ccc(F)cc1C(O)CCC#N. The maximum absolute atomic E-state index is 12.9. The monoisotopic (exact) mass is 209 g/mol. The molecular formula is C11H12FNO2. The minimum Gasteiger partial charge on any atom is -0.496 e. The summed E-state index contributed by atoms with van der Waals surface area (Å²) in [4.78, 5) is 0. The molecule has 0 aliphatic heterocycles. The summed E-state index contributed by atoms with van der Waals surface area (Å²) in [6, 6.07) is 5.87. The van der Waals surface area contributed by atoms with Gasteiger partial charge in [-0.15, -0.1) is 0 Å². The van der Waals surface area contributed by atoms with Crippen molar-refractivity contribution < 1.29 is 14.2 Å². The van der Waals surface area contributed by atoms with Gasteiger partial charge in [-0.2, -0.15) is 5.26 Å². The molecule has 1 unspecified atom stereocenters. The van der Waals surface area contributed by atoms with E-state index in [9.17, 15) is 9.50 Å². The van der Waals surface area contributed by atoms with E-state index < -0.39 is 11.9 Å². The molecule has 1 atom stereocenters. The fourth-order valence-electron chi connectivity index (χ4n) is 1.32. The van der Waals surface area contributed by atoms with Gasteiger partial charge < -0.3 is 9.84 Å². The van der Waals surface area contributed by atoms with Crippen LogP contribution in [0.5, 0.6) is 5.75 Å². The van der Waals surface area contributed by atoms with E-state index in [-0.39, 0.29) is 12.8 Å². The van der Waals surface area contributed by atoms with Gasteiger partial charge in [0.05, 0.1) is 19.3 Å². The quantitative estimate of drug-likeness (QED) is 0.826. The summed E-state index contributed by atoms with van der Waals surface area (Å²) in [7, 11) is 1.45. The third-order valence-corrected chi connectivity index (χ3v) is 2.08. The predicted molar refractivity (Wildman–Crippen MR) is 52.8 cm³/mol. The molecule has 0 heterocycles. The van der Waals surface area contributed by atoms with Crippen LogP contribution in [0, 0.1) is 17.1 Å². The molecule has 0 aliphatic carbocycles. The van der Waals surface area contributed by atoms with Gasteiger partial charge in [0, 0.05) is 12.0 Å². The first kappa shape index (κ1) is 11.5. The highest BCUT2D eigenvalue weighted by atomic mass is 19.1. The summed E-state index contributed by atoms with van der Waals surface area (Å²) in [5, 5.41) is 18.1. The largest absolute Gasteiger partial charge is 0.496 e. The molecule has 0 bridgehead atoms. The average Bonchev–Trinajstić information content (AvgIpc) is 2.25. The fraction of sp³-hybridized carbons (Fsp3) is 0.364. The molecule has 1 rings (SSSR count). The smallest absolute Gasteiger partial charge is 0.124 e. The summed E-state index contributed by atoms with van der Waals surface area (Å²) in [6.45, 7) is 0. The number of aliphatic hydroxyl groups excluding tert-OH is 1. The minimum atomic E-state index is -0.865. The van der Waals surface area contributed by atoms with Crippen molar-refractivity contribution in [3.05, 3.63) is 29.6 Å². The summed E-state index contributed by atoms with van der Waals surface area (Å²) in [6.07, 6.45) is -0.368. The lowest BCUT2D eigenvalue weighted by Gasteiger charge is -2.13. The zero-order chi connectivity index (χ0) is 11.3. The average molecular weight is 209 g/mol. The number of ether oxygens (including phenoxy) is 1. The molecule has 0 fully saturated rings. The Kier molecular flexibility index (Phi) is 4.07.